The lowest BCUT2D eigenvalue weighted by Crippen LogP contribution is -1.99. The first-order valence-electron chi connectivity index (χ1n) is 4.55. The third-order valence-corrected chi connectivity index (χ3v) is 1.24. The maximum atomic E-state index is 8.35. The van der Waals surface area contributed by atoms with E-state index in [0.717, 1.165) is 12.2 Å². The Kier molecular flexibility index (Phi) is 15.9. The highest BCUT2D eigenvalue weighted by atomic mass is 16.1. The molecule has 0 atom stereocenters. The van der Waals surface area contributed by atoms with Gasteiger partial charge in [-0.2, -0.15) is 0 Å². The Labute approximate surface area is 91.4 Å². The molecular weight excluding hydrogens is 192 g/mol. The largest absolute Gasteiger partial charge is 0.231 e. The highest BCUT2D eigenvalue weighted by molar-refractivity contribution is 5.26. The van der Waals surface area contributed by atoms with Crippen LogP contribution in [0.1, 0.15) is 41.0 Å². The molecule has 0 amide bonds. The number of nitrogens with one attached hydrogen (secondary N) is 2. The van der Waals surface area contributed by atoms with Gasteiger partial charge in [0.25, 0.3) is 0 Å². The van der Waals surface area contributed by atoms with Crippen LogP contribution in [0, 0.1) is 16.2 Å². The lowest BCUT2D eigenvalue weighted by molar-refractivity contribution is 0.538. The quantitative estimate of drug-likeness (QED) is 0.397. The minimum absolute atomic E-state index is 0.361. The molecule has 0 saturated carbocycles. The third kappa shape index (κ3) is 45.6. The summed E-state index contributed by atoms with van der Waals surface area (Å²) < 4.78 is 0. The first-order chi connectivity index (χ1) is 6.78. The molecule has 86 valence electrons. The Hall–Kier alpha value is -1.50. The van der Waals surface area contributed by atoms with E-state index < -0.39 is 0 Å². The number of isocyanates is 2. The van der Waals surface area contributed by atoms with Crippen LogP contribution in [0.3, 0.4) is 0 Å². The fraction of sp³-hybridized carbons (Fsp3) is 0.636. The van der Waals surface area contributed by atoms with E-state index >= 15 is 0 Å². The van der Waals surface area contributed by atoms with Gasteiger partial charge >= 0.3 is 0 Å². The van der Waals surface area contributed by atoms with Crippen molar-refractivity contribution in [2.75, 3.05) is 0 Å². The van der Waals surface area contributed by atoms with E-state index in [1.807, 2.05) is 0 Å². The molecule has 0 saturated heterocycles. The summed E-state index contributed by atoms with van der Waals surface area (Å²) >= 11 is 0. The molecule has 2 N–H and O–H groups in total. The van der Waals surface area contributed by atoms with Gasteiger partial charge < -0.3 is 0 Å². The van der Waals surface area contributed by atoms with E-state index in [1.54, 1.807) is 0 Å². The second-order valence-corrected chi connectivity index (χ2v) is 3.91. The van der Waals surface area contributed by atoms with Gasteiger partial charge in [0.2, 0.25) is 12.2 Å². The van der Waals surface area contributed by atoms with Gasteiger partial charge in [-0.25, -0.2) is 20.4 Å². The van der Waals surface area contributed by atoms with E-state index in [9.17, 15) is 0 Å². The van der Waals surface area contributed by atoms with Crippen LogP contribution in [0.5, 0.6) is 0 Å². The van der Waals surface area contributed by atoms with E-state index in [1.165, 1.54) is 12.0 Å². The summed E-state index contributed by atoms with van der Waals surface area (Å²) in [5, 5.41) is 10.8. The van der Waals surface area contributed by atoms with Gasteiger partial charge in [-0.15, -0.1) is 0 Å². The zero-order valence-corrected chi connectivity index (χ0v) is 10.1. The van der Waals surface area contributed by atoms with Gasteiger partial charge in [0, 0.05) is 0 Å². The first-order valence-corrected chi connectivity index (χ1v) is 4.55. The van der Waals surface area contributed by atoms with Gasteiger partial charge in [0.15, 0.2) is 0 Å². The smallest absolute Gasteiger partial charge is 0.222 e. The molecule has 0 fully saturated rings. The van der Waals surface area contributed by atoms with Gasteiger partial charge in [-0.1, -0.05) is 39.3 Å². The van der Waals surface area contributed by atoms with Crippen LogP contribution in [0.15, 0.2) is 11.6 Å². The zero-order valence-electron chi connectivity index (χ0n) is 10.1. The predicted molar refractivity (Wildman–Crippen MR) is 60.3 cm³/mol. The second-order valence-electron chi connectivity index (χ2n) is 3.91. The highest BCUT2D eigenvalue weighted by Crippen LogP contribution is 2.18. The maximum absolute atomic E-state index is 8.35. The number of hydrogen-bond donors (Lipinski definition) is 2. The molecule has 4 nitrogen and oxygen atoms in total. The van der Waals surface area contributed by atoms with Crippen LogP contribution >= 0.6 is 0 Å². The van der Waals surface area contributed by atoms with Crippen LogP contribution in [-0.4, -0.2) is 12.2 Å². The Balaban J connectivity index is -0.000000200. The summed E-state index contributed by atoms with van der Waals surface area (Å²) in [6.07, 6.45) is 5.00. The molecule has 0 aromatic carbocycles. The molecule has 15 heavy (non-hydrogen) atoms. The summed E-state index contributed by atoms with van der Waals surface area (Å²) in [6.45, 7) is 11.1. The molecule has 0 aliphatic carbocycles. The van der Waals surface area contributed by atoms with E-state index in [0.29, 0.717) is 5.41 Å². The van der Waals surface area contributed by atoms with E-state index in [2.05, 4.69) is 40.7 Å². The molecule has 0 aliphatic heterocycles. The fourth-order valence-corrected chi connectivity index (χ4v) is 0.841. The molecule has 0 aromatic rings. The molecule has 0 spiro atoms. The van der Waals surface area contributed by atoms with Crippen molar-refractivity contribution in [3.8, 4) is 0 Å². The van der Waals surface area contributed by atoms with E-state index in [4.69, 9.17) is 20.4 Å². The summed E-state index contributed by atoms with van der Waals surface area (Å²) in [6, 6.07) is 0. The van der Waals surface area contributed by atoms with Crippen molar-refractivity contribution < 1.29 is 9.59 Å². The van der Waals surface area contributed by atoms with Crippen LogP contribution < -0.4 is 0 Å². The van der Waals surface area contributed by atoms with Gasteiger partial charge in [0.1, 0.15) is 0 Å². The summed E-state index contributed by atoms with van der Waals surface area (Å²) in [5.74, 6) is 0. The average Bonchev–Trinajstić information content (AvgIpc) is 2.04. The van der Waals surface area contributed by atoms with Crippen molar-refractivity contribution in [1.82, 2.24) is 0 Å². The molecular formula is C11H20N2O2. The molecule has 0 rings (SSSR count). The van der Waals surface area contributed by atoms with E-state index in [-0.39, 0.29) is 0 Å². The third-order valence-electron chi connectivity index (χ3n) is 1.24. The number of carbonyl (C=O) groups excluding carboxylic acids is 2. The molecule has 0 bridgehead atoms. The van der Waals surface area contributed by atoms with Crippen molar-refractivity contribution in [2.24, 2.45) is 5.41 Å². The minimum atomic E-state index is 0.361. The summed E-state index contributed by atoms with van der Waals surface area (Å²) in [5.41, 5.74) is 1.85. The number of allylic oxidation sites excluding steroid dienone is 2. The lowest BCUT2D eigenvalue weighted by Gasteiger charge is -2.13. The molecule has 0 unspecified atom stereocenters. The topological polar surface area (TPSA) is 81.8 Å². The summed E-state index contributed by atoms with van der Waals surface area (Å²) in [7, 11) is 0. The standard InChI is InChI=1S/C9H18.2CHNO/c1-6-8(2)7-9(3,4)5;2*2-1-3/h7H,6H2,1-5H3;2*2H. The first kappa shape index (κ1) is 19.1. The highest BCUT2D eigenvalue weighted by Gasteiger charge is 2.04. The zero-order chi connectivity index (χ0) is 12.9. The Morgan fingerprint density at radius 2 is 1.47 bits per heavy atom. The van der Waals surface area contributed by atoms with Crippen molar-refractivity contribution in [3.63, 3.8) is 0 Å². The predicted octanol–water partition coefficient (Wildman–Crippen LogP) is 3.19. The average molecular weight is 212 g/mol. The Bertz CT molecular complexity index is 226. The van der Waals surface area contributed by atoms with Gasteiger partial charge in [-0.05, 0) is 18.8 Å². The van der Waals surface area contributed by atoms with Gasteiger partial charge in [0.05, 0.1) is 0 Å². The van der Waals surface area contributed by atoms with Crippen molar-refractivity contribution in [3.05, 3.63) is 11.6 Å². The number of rotatable bonds is 1. The monoisotopic (exact) mass is 212 g/mol. The molecule has 0 heterocycles. The van der Waals surface area contributed by atoms with Crippen LogP contribution in [0.25, 0.3) is 0 Å². The van der Waals surface area contributed by atoms with Crippen LogP contribution in [-0.2, 0) is 9.59 Å². The fourth-order valence-electron chi connectivity index (χ4n) is 0.841. The SMILES string of the molecule is CCC(C)=CC(C)(C)C.N=C=O.N=C=O. The van der Waals surface area contributed by atoms with Crippen molar-refractivity contribution in [2.45, 2.75) is 41.0 Å². The van der Waals surface area contributed by atoms with Crippen molar-refractivity contribution >= 4 is 12.2 Å². The Morgan fingerprint density at radius 3 is 1.53 bits per heavy atom. The van der Waals surface area contributed by atoms with Gasteiger partial charge in [-0.3, -0.25) is 0 Å². The Morgan fingerprint density at radius 1 is 1.20 bits per heavy atom. The molecule has 0 aromatic heterocycles. The maximum Gasteiger partial charge on any atom is 0.231 e. The minimum Gasteiger partial charge on any atom is -0.222 e. The molecule has 0 radical (unpaired) electrons. The van der Waals surface area contributed by atoms with Crippen molar-refractivity contribution in [1.29, 1.82) is 10.8 Å². The molecule has 0 aliphatic rings. The summed E-state index contributed by atoms with van der Waals surface area (Å²) in [4.78, 5) is 16.7. The normalized spacial score (nSPS) is 9.53. The lowest BCUT2D eigenvalue weighted by atomic mass is 9.93. The van der Waals surface area contributed by atoms with Crippen LogP contribution in [0.4, 0.5) is 0 Å². The number of hydrogen-bond acceptors (Lipinski definition) is 4. The molecule has 4 heteroatoms. The second kappa shape index (κ2) is 12.5. The van der Waals surface area contributed by atoms with Crippen LogP contribution in [0.2, 0.25) is 0 Å².